The van der Waals surface area contributed by atoms with Gasteiger partial charge >= 0.3 is 5.97 Å². The topological polar surface area (TPSA) is 68.4 Å². The smallest absolute Gasteiger partial charge is 0.343 e. The molecular weight excluding hydrogens is 246 g/mol. The molecule has 5 heteroatoms. The molecule has 5 nitrogen and oxygen atoms in total. The van der Waals surface area contributed by atoms with Gasteiger partial charge < -0.3 is 14.5 Å². The van der Waals surface area contributed by atoms with Gasteiger partial charge in [0.2, 0.25) is 0 Å². The van der Waals surface area contributed by atoms with E-state index in [9.17, 15) is 9.59 Å². The maximum absolute atomic E-state index is 12.1. The van der Waals surface area contributed by atoms with Crippen molar-refractivity contribution in [2.45, 2.75) is 12.8 Å². The summed E-state index contributed by atoms with van der Waals surface area (Å²) in [4.78, 5) is 26.6. The van der Waals surface area contributed by atoms with E-state index in [0.717, 1.165) is 22.9 Å². The number of ether oxygens (including phenoxy) is 2. The molecular formula is C14H13NO4. The van der Waals surface area contributed by atoms with Gasteiger partial charge in [-0.25, -0.2) is 4.79 Å². The Kier molecular flexibility index (Phi) is 2.55. The highest BCUT2D eigenvalue weighted by atomic mass is 16.5. The zero-order valence-electron chi connectivity index (χ0n) is 10.7. The Labute approximate surface area is 109 Å². The Morgan fingerprint density at radius 1 is 1.26 bits per heavy atom. The van der Waals surface area contributed by atoms with Crippen molar-refractivity contribution in [2.24, 2.45) is 0 Å². The van der Waals surface area contributed by atoms with Crippen LogP contribution in [-0.4, -0.2) is 25.2 Å². The fraction of sp³-hybridized carbons (Fsp3) is 0.286. The van der Waals surface area contributed by atoms with E-state index in [-0.39, 0.29) is 5.56 Å². The van der Waals surface area contributed by atoms with Crippen LogP contribution in [0.5, 0.6) is 5.75 Å². The number of carbonyl (C=O) groups is 1. The number of pyridine rings is 1. The van der Waals surface area contributed by atoms with Gasteiger partial charge in [0.15, 0.2) is 0 Å². The van der Waals surface area contributed by atoms with Crippen LogP contribution in [0.2, 0.25) is 0 Å². The number of aryl methyl sites for hydroxylation is 2. The van der Waals surface area contributed by atoms with E-state index in [2.05, 4.69) is 4.98 Å². The molecule has 1 aromatic heterocycles. The number of aromatic amines is 1. The molecule has 0 saturated heterocycles. The molecule has 1 heterocycles. The molecule has 0 amide bonds. The van der Waals surface area contributed by atoms with Crippen LogP contribution in [0.15, 0.2) is 16.9 Å². The van der Waals surface area contributed by atoms with Crippen LogP contribution >= 0.6 is 0 Å². The Balaban J connectivity index is 2.45. The largest absolute Gasteiger partial charge is 0.495 e. The highest BCUT2D eigenvalue weighted by Gasteiger charge is 2.26. The summed E-state index contributed by atoms with van der Waals surface area (Å²) in [5.41, 5.74) is 2.23. The van der Waals surface area contributed by atoms with E-state index in [1.54, 1.807) is 7.11 Å². The monoisotopic (exact) mass is 259 g/mol. The maximum atomic E-state index is 12.1. The molecule has 0 atom stereocenters. The molecule has 3 rings (SSSR count). The third kappa shape index (κ3) is 1.54. The average molecular weight is 259 g/mol. The van der Waals surface area contributed by atoms with Gasteiger partial charge in [-0.3, -0.25) is 4.79 Å². The standard InChI is InChI=1S/C14H13NO4/c1-18-9-6-4-7-3-5-8-10(7)12(9)15-13(16)11(8)14(17)19-2/h4,6H,3,5H2,1-2H3,(H,15,16). The Morgan fingerprint density at radius 3 is 2.74 bits per heavy atom. The highest BCUT2D eigenvalue weighted by molar-refractivity contribution is 6.00. The van der Waals surface area contributed by atoms with Gasteiger partial charge in [0, 0.05) is 5.39 Å². The van der Waals surface area contributed by atoms with E-state index in [4.69, 9.17) is 9.47 Å². The van der Waals surface area contributed by atoms with Crippen molar-refractivity contribution in [3.63, 3.8) is 0 Å². The summed E-state index contributed by atoms with van der Waals surface area (Å²) in [5.74, 6) is 0.0178. The average Bonchev–Trinajstić information content (AvgIpc) is 2.83. The molecule has 2 aromatic rings. The number of benzene rings is 1. The SMILES string of the molecule is COC(=O)c1c2c3c(ccc(OC)c3[nH]c1=O)CC2. The van der Waals surface area contributed by atoms with Gasteiger partial charge in [-0.15, -0.1) is 0 Å². The van der Waals surface area contributed by atoms with Crippen LogP contribution in [0.3, 0.4) is 0 Å². The summed E-state index contributed by atoms with van der Waals surface area (Å²) in [6.45, 7) is 0. The number of esters is 1. The number of hydrogen-bond donors (Lipinski definition) is 1. The molecule has 1 aliphatic carbocycles. The Hall–Kier alpha value is -2.30. The van der Waals surface area contributed by atoms with Crippen LogP contribution in [0, 0.1) is 0 Å². The number of hydrogen-bond acceptors (Lipinski definition) is 4. The molecule has 1 aliphatic rings. The molecule has 0 unspecified atom stereocenters. The summed E-state index contributed by atoms with van der Waals surface area (Å²) in [7, 11) is 2.83. The lowest BCUT2D eigenvalue weighted by molar-refractivity contribution is 0.0598. The van der Waals surface area contributed by atoms with Gasteiger partial charge in [-0.1, -0.05) is 6.07 Å². The van der Waals surface area contributed by atoms with Gasteiger partial charge in [0.25, 0.3) is 5.56 Å². The molecule has 1 aromatic carbocycles. The lowest BCUT2D eigenvalue weighted by atomic mass is 10.0. The van der Waals surface area contributed by atoms with Crippen molar-refractivity contribution in [3.8, 4) is 5.75 Å². The summed E-state index contributed by atoms with van der Waals surface area (Å²) >= 11 is 0. The minimum atomic E-state index is -0.589. The van der Waals surface area contributed by atoms with Crippen LogP contribution in [0.25, 0.3) is 10.9 Å². The molecule has 19 heavy (non-hydrogen) atoms. The van der Waals surface area contributed by atoms with Gasteiger partial charge in [0.1, 0.15) is 11.3 Å². The molecule has 0 fully saturated rings. The first-order chi connectivity index (χ1) is 9.17. The number of H-pyrrole nitrogens is 1. The molecule has 98 valence electrons. The summed E-state index contributed by atoms with van der Waals surface area (Å²) < 4.78 is 9.96. The maximum Gasteiger partial charge on any atom is 0.343 e. The predicted molar refractivity (Wildman–Crippen MR) is 69.9 cm³/mol. The normalized spacial score (nSPS) is 12.7. The third-order valence-electron chi connectivity index (χ3n) is 3.58. The van der Waals surface area contributed by atoms with Crippen LogP contribution in [0.1, 0.15) is 21.5 Å². The van der Waals surface area contributed by atoms with Crippen molar-refractivity contribution in [3.05, 3.63) is 39.2 Å². The van der Waals surface area contributed by atoms with Crippen molar-refractivity contribution in [1.82, 2.24) is 4.98 Å². The first kappa shape index (κ1) is 11.8. The van der Waals surface area contributed by atoms with Crippen molar-refractivity contribution in [2.75, 3.05) is 14.2 Å². The second kappa shape index (κ2) is 4.12. The number of aromatic nitrogens is 1. The van der Waals surface area contributed by atoms with Gasteiger partial charge in [-0.05, 0) is 30.0 Å². The quantitative estimate of drug-likeness (QED) is 0.828. The summed E-state index contributed by atoms with van der Waals surface area (Å²) in [5, 5.41) is 0.916. The van der Waals surface area contributed by atoms with Crippen LogP contribution in [0.4, 0.5) is 0 Å². The zero-order valence-corrected chi connectivity index (χ0v) is 10.7. The van der Waals surface area contributed by atoms with E-state index >= 15 is 0 Å². The second-order valence-electron chi connectivity index (χ2n) is 4.48. The number of rotatable bonds is 2. The predicted octanol–water partition coefficient (Wildman–Crippen LogP) is 1.42. The van der Waals surface area contributed by atoms with Gasteiger partial charge in [0.05, 0.1) is 19.7 Å². The minimum absolute atomic E-state index is 0.113. The van der Waals surface area contributed by atoms with E-state index < -0.39 is 11.5 Å². The lowest BCUT2D eigenvalue weighted by Gasteiger charge is -2.09. The van der Waals surface area contributed by atoms with E-state index in [1.807, 2.05) is 12.1 Å². The Bertz CT molecular complexity index is 745. The number of nitrogens with one attached hydrogen (secondary N) is 1. The summed E-state index contributed by atoms with van der Waals surface area (Å²) in [6, 6.07) is 3.80. The van der Waals surface area contributed by atoms with Gasteiger partial charge in [-0.2, -0.15) is 0 Å². The minimum Gasteiger partial charge on any atom is -0.495 e. The number of methoxy groups -OCH3 is 2. The molecule has 0 saturated carbocycles. The van der Waals surface area contributed by atoms with Crippen molar-refractivity contribution < 1.29 is 14.3 Å². The van der Waals surface area contributed by atoms with Crippen molar-refractivity contribution >= 4 is 16.9 Å². The van der Waals surface area contributed by atoms with E-state index in [0.29, 0.717) is 17.7 Å². The molecule has 0 spiro atoms. The second-order valence-corrected chi connectivity index (χ2v) is 4.48. The first-order valence-electron chi connectivity index (χ1n) is 6.00. The fourth-order valence-electron chi connectivity index (χ4n) is 2.74. The first-order valence-corrected chi connectivity index (χ1v) is 6.00. The number of carbonyl (C=O) groups excluding carboxylic acids is 1. The zero-order chi connectivity index (χ0) is 13.6. The molecule has 1 N–H and O–H groups in total. The molecule has 0 bridgehead atoms. The van der Waals surface area contributed by atoms with Crippen LogP contribution < -0.4 is 10.3 Å². The Morgan fingerprint density at radius 2 is 2.05 bits per heavy atom. The lowest BCUT2D eigenvalue weighted by Crippen LogP contribution is -2.21. The van der Waals surface area contributed by atoms with Crippen molar-refractivity contribution in [1.29, 1.82) is 0 Å². The highest BCUT2D eigenvalue weighted by Crippen LogP contribution is 2.35. The van der Waals surface area contributed by atoms with Crippen LogP contribution in [-0.2, 0) is 17.6 Å². The van der Waals surface area contributed by atoms with E-state index in [1.165, 1.54) is 7.11 Å². The molecule has 0 radical (unpaired) electrons. The summed E-state index contributed by atoms with van der Waals surface area (Å²) in [6.07, 6.45) is 1.49. The fourth-order valence-corrected chi connectivity index (χ4v) is 2.74. The molecule has 0 aliphatic heterocycles. The third-order valence-corrected chi connectivity index (χ3v) is 3.58.